The van der Waals surface area contributed by atoms with Crippen molar-refractivity contribution in [2.75, 3.05) is 5.32 Å². The number of benzene rings is 2. The Hall–Kier alpha value is -2.65. The molecule has 0 saturated heterocycles. The largest absolute Gasteiger partial charge is 0.321 e. The van der Waals surface area contributed by atoms with Crippen LogP contribution in [0.2, 0.25) is 0 Å². The van der Waals surface area contributed by atoms with Crippen molar-refractivity contribution in [3.63, 3.8) is 0 Å². The highest BCUT2D eigenvalue weighted by molar-refractivity contribution is 6.35. The first-order valence-corrected chi connectivity index (χ1v) is 7.86. The Kier molecular flexibility index (Phi) is 3.36. The third-order valence-corrected chi connectivity index (χ3v) is 4.31. The summed E-state index contributed by atoms with van der Waals surface area (Å²) in [4.78, 5) is 16.7. The maximum atomic E-state index is 12.3. The number of carbonyl (C=O) groups is 1. The van der Waals surface area contributed by atoms with Crippen LogP contribution in [0, 0.1) is 0 Å². The standard InChI is InChI=1S/C19H13ClN2O/c20-11-12-5-6-18-15(9-12)16(19(23)22-18)10-13-7-8-21-17-4-2-1-3-14(13)17/h1-10H,11H2,(H,22,23). The van der Waals surface area contributed by atoms with Gasteiger partial charge in [0.25, 0.3) is 5.91 Å². The molecule has 0 spiro atoms. The normalized spacial score (nSPS) is 15.0. The van der Waals surface area contributed by atoms with Gasteiger partial charge in [-0.1, -0.05) is 24.3 Å². The quantitative estimate of drug-likeness (QED) is 0.559. The molecule has 0 aliphatic carbocycles. The lowest BCUT2D eigenvalue weighted by molar-refractivity contribution is -0.110. The Balaban J connectivity index is 1.90. The summed E-state index contributed by atoms with van der Waals surface area (Å²) in [6.45, 7) is 0. The van der Waals surface area contributed by atoms with E-state index in [4.69, 9.17) is 11.6 Å². The summed E-state index contributed by atoms with van der Waals surface area (Å²) in [6.07, 6.45) is 3.68. The van der Waals surface area contributed by atoms with Gasteiger partial charge in [0, 0.05) is 34.3 Å². The molecule has 1 N–H and O–H groups in total. The topological polar surface area (TPSA) is 42.0 Å². The van der Waals surface area contributed by atoms with Crippen molar-refractivity contribution >= 4 is 45.7 Å². The number of rotatable bonds is 2. The minimum atomic E-state index is -0.0902. The number of pyridine rings is 1. The van der Waals surface area contributed by atoms with E-state index in [0.29, 0.717) is 11.5 Å². The zero-order valence-electron chi connectivity index (χ0n) is 12.2. The summed E-state index contributed by atoms with van der Waals surface area (Å²) in [5, 5.41) is 3.93. The van der Waals surface area contributed by atoms with Crippen molar-refractivity contribution < 1.29 is 4.79 Å². The van der Waals surface area contributed by atoms with Gasteiger partial charge in [0.15, 0.2) is 0 Å². The summed E-state index contributed by atoms with van der Waals surface area (Å²) in [5.74, 6) is 0.333. The summed E-state index contributed by atoms with van der Waals surface area (Å²) < 4.78 is 0. The van der Waals surface area contributed by atoms with E-state index in [2.05, 4.69) is 10.3 Å². The van der Waals surface area contributed by atoms with Gasteiger partial charge in [0.05, 0.1) is 5.52 Å². The second kappa shape index (κ2) is 5.52. The molecule has 4 heteroatoms. The molecule has 1 aliphatic rings. The molecule has 0 unspecified atom stereocenters. The van der Waals surface area contributed by atoms with Gasteiger partial charge < -0.3 is 5.32 Å². The Morgan fingerprint density at radius 2 is 2.00 bits per heavy atom. The molecule has 0 bridgehead atoms. The van der Waals surface area contributed by atoms with Crippen LogP contribution in [0.5, 0.6) is 0 Å². The summed E-state index contributed by atoms with van der Waals surface area (Å²) >= 11 is 5.92. The Bertz CT molecular complexity index is 957. The number of para-hydroxylation sites is 1. The van der Waals surface area contributed by atoms with Crippen LogP contribution in [0.3, 0.4) is 0 Å². The first-order valence-electron chi connectivity index (χ1n) is 7.32. The number of hydrogen-bond acceptors (Lipinski definition) is 2. The average Bonchev–Trinajstić information content (AvgIpc) is 2.90. The molecule has 2 heterocycles. The molecule has 0 saturated carbocycles. The number of carbonyl (C=O) groups excluding carboxylic acids is 1. The van der Waals surface area contributed by atoms with Gasteiger partial charge in [-0.05, 0) is 41.5 Å². The van der Waals surface area contributed by atoms with Gasteiger partial charge in [-0.15, -0.1) is 11.6 Å². The maximum Gasteiger partial charge on any atom is 0.256 e. The molecule has 1 aromatic heterocycles. The van der Waals surface area contributed by atoms with Crippen LogP contribution >= 0.6 is 11.6 Å². The zero-order chi connectivity index (χ0) is 15.8. The van der Waals surface area contributed by atoms with Crippen LogP contribution in [0.25, 0.3) is 22.6 Å². The van der Waals surface area contributed by atoms with Crippen LogP contribution in [0.4, 0.5) is 5.69 Å². The van der Waals surface area contributed by atoms with Crippen molar-refractivity contribution in [2.45, 2.75) is 5.88 Å². The third-order valence-electron chi connectivity index (χ3n) is 4.00. The number of amides is 1. The lowest BCUT2D eigenvalue weighted by Crippen LogP contribution is -2.03. The summed E-state index contributed by atoms with van der Waals surface area (Å²) in [5.41, 5.74) is 5.26. The molecular weight excluding hydrogens is 308 g/mol. The van der Waals surface area contributed by atoms with Crippen molar-refractivity contribution in [1.29, 1.82) is 0 Å². The van der Waals surface area contributed by atoms with Crippen LogP contribution in [0.15, 0.2) is 54.7 Å². The first-order chi connectivity index (χ1) is 11.3. The van der Waals surface area contributed by atoms with E-state index in [1.165, 1.54) is 0 Å². The summed E-state index contributed by atoms with van der Waals surface area (Å²) in [7, 11) is 0. The minimum Gasteiger partial charge on any atom is -0.321 e. The summed E-state index contributed by atoms with van der Waals surface area (Å²) in [6, 6.07) is 15.6. The molecule has 4 rings (SSSR count). The van der Waals surface area contributed by atoms with E-state index in [-0.39, 0.29) is 5.91 Å². The molecular formula is C19H13ClN2O. The molecule has 1 aliphatic heterocycles. The highest BCUT2D eigenvalue weighted by atomic mass is 35.5. The van der Waals surface area contributed by atoms with E-state index in [9.17, 15) is 4.79 Å². The van der Waals surface area contributed by atoms with Crippen molar-refractivity contribution in [1.82, 2.24) is 4.98 Å². The minimum absolute atomic E-state index is 0.0902. The molecule has 23 heavy (non-hydrogen) atoms. The lowest BCUT2D eigenvalue weighted by atomic mass is 10.0. The van der Waals surface area contributed by atoms with E-state index >= 15 is 0 Å². The Morgan fingerprint density at radius 1 is 1.13 bits per heavy atom. The van der Waals surface area contributed by atoms with Crippen LogP contribution < -0.4 is 5.32 Å². The van der Waals surface area contributed by atoms with Gasteiger partial charge in [-0.2, -0.15) is 0 Å². The number of nitrogens with one attached hydrogen (secondary N) is 1. The van der Waals surface area contributed by atoms with E-state index < -0.39 is 0 Å². The monoisotopic (exact) mass is 320 g/mol. The first kappa shape index (κ1) is 14.0. The maximum absolute atomic E-state index is 12.3. The number of hydrogen-bond donors (Lipinski definition) is 1. The van der Waals surface area contributed by atoms with Crippen molar-refractivity contribution in [3.05, 3.63) is 71.4 Å². The number of aromatic nitrogens is 1. The third kappa shape index (κ3) is 2.39. The molecule has 3 nitrogen and oxygen atoms in total. The van der Waals surface area contributed by atoms with Gasteiger partial charge in [0.1, 0.15) is 0 Å². The molecule has 112 valence electrons. The molecule has 1 amide bonds. The highest BCUT2D eigenvalue weighted by Gasteiger charge is 2.24. The van der Waals surface area contributed by atoms with Crippen molar-refractivity contribution in [3.8, 4) is 0 Å². The highest BCUT2D eigenvalue weighted by Crippen LogP contribution is 2.35. The number of fused-ring (bicyclic) bond motifs is 2. The molecule has 2 aromatic carbocycles. The molecule has 0 atom stereocenters. The van der Waals surface area contributed by atoms with Crippen LogP contribution in [-0.2, 0) is 10.7 Å². The number of alkyl halides is 1. The zero-order valence-corrected chi connectivity index (χ0v) is 13.0. The van der Waals surface area contributed by atoms with Gasteiger partial charge in [-0.25, -0.2) is 0 Å². The molecule has 3 aromatic rings. The number of nitrogens with zero attached hydrogens (tertiary/aromatic N) is 1. The van der Waals surface area contributed by atoms with Crippen molar-refractivity contribution in [2.24, 2.45) is 0 Å². The Morgan fingerprint density at radius 3 is 2.87 bits per heavy atom. The number of anilines is 1. The van der Waals surface area contributed by atoms with Gasteiger partial charge in [0.2, 0.25) is 0 Å². The van der Waals surface area contributed by atoms with Crippen LogP contribution in [-0.4, -0.2) is 10.9 Å². The van der Waals surface area contributed by atoms with Gasteiger partial charge in [-0.3, -0.25) is 9.78 Å². The number of halogens is 1. The average molecular weight is 321 g/mol. The molecule has 0 fully saturated rings. The SMILES string of the molecule is O=C1Nc2ccc(CCl)cc2C1=Cc1ccnc2ccccc12. The predicted octanol–water partition coefficient (Wildman–Crippen LogP) is 4.47. The fourth-order valence-corrected chi connectivity index (χ4v) is 3.03. The Labute approximate surface area is 138 Å². The van der Waals surface area contributed by atoms with Gasteiger partial charge >= 0.3 is 0 Å². The molecule has 0 radical (unpaired) electrons. The predicted molar refractivity (Wildman–Crippen MR) is 94.2 cm³/mol. The fourth-order valence-electron chi connectivity index (χ4n) is 2.86. The fraction of sp³-hybridized carbons (Fsp3) is 0.0526. The second-order valence-electron chi connectivity index (χ2n) is 5.44. The van der Waals surface area contributed by atoms with E-state index in [0.717, 1.165) is 33.3 Å². The smallest absolute Gasteiger partial charge is 0.256 e. The van der Waals surface area contributed by atoms with Crippen LogP contribution in [0.1, 0.15) is 16.7 Å². The van der Waals surface area contributed by atoms with E-state index in [1.807, 2.05) is 54.6 Å². The second-order valence-corrected chi connectivity index (χ2v) is 5.71. The lowest BCUT2D eigenvalue weighted by Gasteiger charge is -2.04. The van der Waals surface area contributed by atoms with E-state index in [1.54, 1.807) is 6.20 Å².